The van der Waals surface area contributed by atoms with Crippen molar-refractivity contribution in [2.75, 3.05) is 0 Å². The Labute approximate surface area is 78.4 Å². The second-order valence-corrected chi connectivity index (χ2v) is 2.67. The first-order valence-corrected chi connectivity index (χ1v) is 3.85. The van der Waals surface area contributed by atoms with Crippen LogP contribution in [0.15, 0.2) is 18.9 Å². The van der Waals surface area contributed by atoms with E-state index in [0.29, 0.717) is 12.4 Å². The predicted molar refractivity (Wildman–Crippen MR) is 44.7 cm³/mol. The van der Waals surface area contributed by atoms with Gasteiger partial charge in [-0.25, -0.2) is 14.8 Å². The van der Waals surface area contributed by atoms with Gasteiger partial charge < -0.3 is 9.67 Å². The lowest BCUT2D eigenvalue weighted by Gasteiger charge is -1.95. The number of hydrogen-bond donors (Lipinski definition) is 2. The fourth-order valence-corrected chi connectivity index (χ4v) is 1.04. The molecule has 2 heterocycles. The van der Waals surface area contributed by atoms with Gasteiger partial charge in [-0.3, -0.25) is 5.10 Å². The molecule has 0 saturated carbocycles. The van der Waals surface area contributed by atoms with Crippen LogP contribution in [0.1, 0.15) is 16.3 Å². The Kier molecular flexibility index (Phi) is 1.98. The van der Waals surface area contributed by atoms with Crippen molar-refractivity contribution in [3.63, 3.8) is 0 Å². The molecule has 2 N–H and O–H groups in total. The number of aromatic amines is 1. The highest BCUT2D eigenvalue weighted by Crippen LogP contribution is 1.98. The van der Waals surface area contributed by atoms with Gasteiger partial charge in [-0.05, 0) is 0 Å². The molecular weight excluding hydrogens is 186 g/mol. The van der Waals surface area contributed by atoms with Gasteiger partial charge in [0, 0.05) is 6.20 Å². The van der Waals surface area contributed by atoms with Gasteiger partial charge in [-0.15, -0.1) is 0 Å². The van der Waals surface area contributed by atoms with E-state index in [-0.39, 0.29) is 5.69 Å². The third-order valence-electron chi connectivity index (χ3n) is 1.65. The summed E-state index contributed by atoms with van der Waals surface area (Å²) in [6.45, 7) is 0.431. The van der Waals surface area contributed by atoms with E-state index >= 15 is 0 Å². The first-order chi connectivity index (χ1) is 6.75. The molecule has 2 rings (SSSR count). The summed E-state index contributed by atoms with van der Waals surface area (Å²) in [4.78, 5) is 18.1. The van der Waals surface area contributed by atoms with Crippen LogP contribution in [0.25, 0.3) is 0 Å². The zero-order valence-electron chi connectivity index (χ0n) is 7.08. The summed E-state index contributed by atoms with van der Waals surface area (Å²) in [6.07, 6.45) is 4.27. The number of carboxylic acids is 1. The van der Waals surface area contributed by atoms with E-state index < -0.39 is 5.97 Å². The van der Waals surface area contributed by atoms with Crippen LogP contribution in [0, 0.1) is 0 Å². The number of nitrogens with one attached hydrogen (secondary N) is 1. The molecule has 2 aromatic rings. The van der Waals surface area contributed by atoms with Crippen molar-refractivity contribution < 1.29 is 9.90 Å². The Balaban J connectivity index is 2.14. The summed E-state index contributed by atoms with van der Waals surface area (Å²) < 4.78 is 1.62. The molecular formula is C7H7N5O2. The number of aromatic carboxylic acids is 1. The van der Waals surface area contributed by atoms with E-state index in [2.05, 4.69) is 20.2 Å². The van der Waals surface area contributed by atoms with Crippen molar-refractivity contribution >= 4 is 5.97 Å². The molecule has 0 amide bonds. The van der Waals surface area contributed by atoms with Gasteiger partial charge >= 0.3 is 5.97 Å². The minimum Gasteiger partial charge on any atom is -0.476 e. The van der Waals surface area contributed by atoms with Crippen LogP contribution in [0.2, 0.25) is 0 Å². The molecule has 0 aliphatic rings. The third-order valence-corrected chi connectivity index (χ3v) is 1.65. The van der Waals surface area contributed by atoms with Gasteiger partial charge in [0.15, 0.2) is 5.69 Å². The van der Waals surface area contributed by atoms with Crippen LogP contribution in [0.3, 0.4) is 0 Å². The highest BCUT2D eigenvalue weighted by Gasteiger charge is 2.06. The molecule has 0 aromatic carbocycles. The molecule has 0 atom stereocenters. The number of nitrogens with zero attached hydrogens (tertiary/aromatic N) is 4. The second-order valence-electron chi connectivity index (χ2n) is 2.67. The minimum absolute atomic E-state index is 0.0181. The van der Waals surface area contributed by atoms with Gasteiger partial charge in [-0.2, -0.15) is 5.10 Å². The molecule has 0 fully saturated rings. The Hall–Kier alpha value is -2.18. The van der Waals surface area contributed by atoms with E-state index in [4.69, 9.17) is 5.11 Å². The number of rotatable bonds is 3. The van der Waals surface area contributed by atoms with Gasteiger partial charge in [-0.1, -0.05) is 0 Å². The Bertz CT molecular complexity index is 433. The minimum atomic E-state index is -1.04. The summed E-state index contributed by atoms with van der Waals surface area (Å²) >= 11 is 0. The SMILES string of the molecule is O=C(O)c1cn(Cc2ncn[nH]2)cn1. The van der Waals surface area contributed by atoms with Crippen LogP contribution in [-0.4, -0.2) is 35.8 Å². The fraction of sp³-hybridized carbons (Fsp3) is 0.143. The number of carbonyl (C=O) groups is 1. The molecule has 0 aliphatic heterocycles. The Morgan fingerprint density at radius 1 is 1.57 bits per heavy atom. The van der Waals surface area contributed by atoms with Crippen molar-refractivity contribution in [1.82, 2.24) is 24.7 Å². The Morgan fingerprint density at radius 3 is 3.00 bits per heavy atom. The maximum absolute atomic E-state index is 10.5. The van der Waals surface area contributed by atoms with E-state index in [1.54, 1.807) is 4.57 Å². The van der Waals surface area contributed by atoms with Crippen molar-refractivity contribution in [2.45, 2.75) is 6.54 Å². The van der Waals surface area contributed by atoms with Gasteiger partial charge in [0.25, 0.3) is 0 Å². The van der Waals surface area contributed by atoms with E-state index in [1.807, 2.05) is 0 Å². The number of hydrogen-bond acceptors (Lipinski definition) is 4. The molecule has 7 heteroatoms. The molecule has 0 aliphatic carbocycles. The molecule has 0 spiro atoms. The van der Waals surface area contributed by atoms with Gasteiger partial charge in [0.05, 0.1) is 12.9 Å². The lowest BCUT2D eigenvalue weighted by molar-refractivity contribution is 0.0691. The molecule has 2 aromatic heterocycles. The summed E-state index contributed by atoms with van der Waals surface area (Å²) in [5.74, 6) is -0.388. The summed E-state index contributed by atoms with van der Waals surface area (Å²) in [7, 11) is 0. The second kappa shape index (κ2) is 3.29. The average Bonchev–Trinajstić information content (AvgIpc) is 2.75. The molecule has 7 nitrogen and oxygen atoms in total. The standard InChI is InChI=1S/C7H7N5O2/c13-7(14)5-1-12(4-9-5)2-6-8-3-10-11-6/h1,3-4H,2H2,(H,13,14)(H,8,10,11). The maximum atomic E-state index is 10.5. The highest BCUT2D eigenvalue weighted by molar-refractivity contribution is 5.84. The quantitative estimate of drug-likeness (QED) is 0.700. The fourth-order valence-electron chi connectivity index (χ4n) is 1.04. The van der Waals surface area contributed by atoms with Gasteiger partial charge in [0.2, 0.25) is 0 Å². The summed E-state index contributed by atoms with van der Waals surface area (Å²) in [5, 5.41) is 15.0. The van der Waals surface area contributed by atoms with E-state index in [9.17, 15) is 4.79 Å². The molecule has 0 saturated heterocycles. The van der Waals surface area contributed by atoms with E-state index in [1.165, 1.54) is 18.9 Å². The number of H-pyrrole nitrogens is 1. The van der Waals surface area contributed by atoms with Crippen LogP contribution < -0.4 is 0 Å². The van der Waals surface area contributed by atoms with Crippen molar-refractivity contribution in [3.05, 3.63) is 30.4 Å². The first-order valence-electron chi connectivity index (χ1n) is 3.85. The molecule has 72 valence electrons. The van der Waals surface area contributed by atoms with Crippen molar-refractivity contribution in [3.8, 4) is 0 Å². The zero-order valence-corrected chi connectivity index (χ0v) is 7.08. The van der Waals surface area contributed by atoms with Crippen LogP contribution in [-0.2, 0) is 6.54 Å². The lowest BCUT2D eigenvalue weighted by atomic mass is 10.5. The van der Waals surface area contributed by atoms with Gasteiger partial charge in [0.1, 0.15) is 12.2 Å². The zero-order chi connectivity index (χ0) is 9.97. The molecule has 0 unspecified atom stereocenters. The number of aromatic nitrogens is 5. The molecule has 14 heavy (non-hydrogen) atoms. The maximum Gasteiger partial charge on any atom is 0.356 e. The number of imidazole rings is 1. The Morgan fingerprint density at radius 2 is 2.43 bits per heavy atom. The topological polar surface area (TPSA) is 96.7 Å². The van der Waals surface area contributed by atoms with E-state index in [0.717, 1.165) is 0 Å². The monoisotopic (exact) mass is 193 g/mol. The third kappa shape index (κ3) is 1.60. The first kappa shape index (κ1) is 8.42. The normalized spacial score (nSPS) is 10.3. The van der Waals surface area contributed by atoms with Crippen LogP contribution >= 0.6 is 0 Å². The highest BCUT2D eigenvalue weighted by atomic mass is 16.4. The summed E-state index contributed by atoms with van der Waals surface area (Å²) in [6, 6.07) is 0. The van der Waals surface area contributed by atoms with Crippen molar-refractivity contribution in [1.29, 1.82) is 0 Å². The van der Waals surface area contributed by atoms with Crippen LogP contribution in [0.4, 0.5) is 0 Å². The summed E-state index contributed by atoms with van der Waals surface area (Å²) in [5.41, 5.74) is 0.0181. The molecule has 0 radical (unpaired) electrons. The number of carboxylic acid groups (broad SMARTS) is 1. The van der Waals surface area contributed by atoms with Crippen LogP contribution in [0.5, 0.6) is 0 Å². The van der Waals surface area contributed by atoms with Crippen molar-refractivity contribution in [2.24, 2.45) is 0 Å². The largest absolute Gasteiger partial charge is 0.476 e. The predicted octanol–water partition coefficient (Wildman–Crippen LogP) is -0.252. The smallest absolute Gasteiger partial charge is 0.356 e. The molecule has 0 bridgehead atoms. The average molecular weight is 193 g/mol. The lowest BCUT2D eigenvalue weighted by Crippen LogP contribution is -1.99.